The number of carbonyl (C=O) groups excluding carboxylic acids is 1. The number of rotatable bonds is 7. The number of sulfonamides is 1. The summed E-state index contributed by atoms with van der Waals surface area (Å²) in [6, 6.07) is 12.5. The minimum atomic E-state index is -3.70. The predicted molar refractivity (Wildman–Crippen MR) is 97.3 cm³/mol. The van der Waals surface area contributed by atoms with Gasteiger partial charge in [-0.15, -0.1) is 0 Å². The number of primary sulfonamides is 1. The van der Waals surface area contributed by atoms with Crippen molar-refractivity contribution in [3.63, 3.8) is 0 Å². The topological polar surface area (TPSA) is 89.3 Å². The van der Waals surface area contributed by atoms with E-state index in [1.165, 1.54) is 18.2 Å². The molecular weight excluding hydrogens is 411 g/mol. The molecule has 0 heterocycles. The van der Waals surface area contributed by atoms with Gasteiger partial charge in [-0.25, -0.2) is 17.9 Å². The van der Waals surface area contributed by atoms with Gasteiger partial charge in [0.15, 0.2) is 0 Å². The lowest BCUT2D eigenvalue weighted by Gasteiger charge is -2.11. The van der Waals surface area contributed by atoms with Crippen LogP contribution >= 0.6 is 15.9 Å². The fourth-order valence-electron chi connectivity index (χ4n) is 2.24. The molecule has 0 aromatic heterocycles. The van der Waals surface area contributed by atoms with Crippen LogP contribution in [0.25, 0.3) is 0 Å². The zero-order valence-electron chi connectivity index (χ0n) is 13.3. The van der Waals surface area contributed by atoms with E-state index in [-0.39, 0.29) is 23.0 Å². The second-order valence-corrected chi connectivity index (χ2v) is 8.16. The molecule has 3 N–H and O–H groups in total. The largest absolute Gasteiger partial charge is 0.355 e. The van der Waals surface area contributed by atoms with Crippen molar-refractivity contribution in [1.29, 1.82) is 0 Å². The molecule has 0 fully saturated rings. The first-order valence-electron chi connectivity index (χ1n) is 7.54. The molecule has 0 saturated heterocycles. The van der Waals surface area contributed by atoms with E-state index in [0.29, 0.717) is 18.5 Å². The van der Waals surface area contributed by atoms with Crippen LogP contribution in [0.5, 0.6) is 0 Å². The summed E-state index contributed by atoms with van der Waals surface area (Å²) in [6.07, 6.45) is 0.789. The SMILES string of the molecule is NS(=O)(=O)c1ccc(CCNC(=O)C(Br)Cc2ccccc2F)cc1. The minimum Gasteiger partial charge on any atom is -0.355 e. The number of benzene rings is 2. The Bertz CT molecular complexity index is 841. The average molecular weight is 429 g/mol. The van der Waals surface area contributed by atoms with Crippen molar-refractivity contribution in [2.24, 2.45) is 5.14 Å². The maximum Gasteiger partial charge on any atom is 0.238 e. The molecule has 1 atom stereocenters. The average Bonchev–Trinajstić information content (AvgIpc) is 2.56. The molecule has 1 unspecified atom stereocenters. The van der Waals surface area contributed by atoms with Crippen molar-refractivity contribution < 1.29 is 17.6 Å². The van der Waals surface area contributed by atoms with Gasteiger partial charge in [-0.2, -0.15) is 0 Å². The number of nitrogens with one attached hydrogen (secondary N) is 1. The van der Waals surface area contributed by atoms with E-state index in [1.54, 1.807) is 30.3 Å². The third kappa shape index (κ3) is 5.91. The number of hydrogen-bond donors (Lipinski definition) is 2. The molecule has 0 radical (unpaired) electrons. The van der Waals surface area contributed by atoms with Crippen LogP contribution < -0.4 is 10.5 Å². The number of halogens is 2. The maximum atomic E-state index is 13.6. The van der Waals surface area contributed by atoms with Crippen LogP contribution in [0.15, 0.2) is 53.4 Å². The lowest BCUT2D eigenvalue weighted by molar-refractivity contribution is -0.120. The highest BCUT2D eigenvalue weighted by Gasteiger charge is 2.16. The first kappa shape index (κ1) is 19.6. The van der Waals surface area contributed by atoms with Crippen molar-refractivity contribution in [2.45, 2.75) is 22.6 Å². The molecule has 0 aliphatic heterocycles. The van der Waals surface area contributed by atoms with Crippen LogP contribution in [-0.2, 0) is 27.7 Å². The van der Waals surface area contributed by atoms with E-state index >= 15 is 0 Å². The highest BCUT2D eigenvalue weighted by molar-refractivity contribution is 9.10. The third-order valence-corrected chi connectivity index (χ3v) is 5.28. The molecule has 0 spiro atoms. The Kier molecular flexibility index (Phi) is 6.69. The monoisotopic (exact) mass is 428 g/mol. The summed E-state index contributed by atoms with van der Waals surface area (Å²) in [5.74, 6) is -0.570. The Labute approximate surface area is 154 Å². The van der Waals surface area contributed by atoms with Crippen LogP contribution in [0.3, 0.4) is 0 Å². The predicted octanol–water partition coefficient (Wildman–Crippen LogP) is 2.14. The van der Waals surface area contributed by atoms with Gasteiger partial charge in [-0.3, -0.25) is 4.79 Å². The Balaban J connectivity index is 1.83. The molecule has 5 nitrogen and oxygen atoms in total. The Hall–Kier alpha value is -1.77. The van der Waals surface area contributed by atoms with Gasteiger partial charge >= 0.3 is 0 Å². The van der Waals surface area contributed by atoms with E-state index in [9.17, 15) is 17.6 Å². The molecule has 2 aromatic carbocycles. The van der Waals surface area contributed by atoms with Gasteiger partial charge in [0.25, 0.3) is 0 Å². The van der Waals surface area contributed by atoms with Crippen LogP contribution in [-0.4, -0.2) is 25.7 Å². The standard InChI is InChI=1S/C17H18BrFN2O3S/c18-15(11-13-3-1-2-4-16(13)19)17(22)21-10-9-12-5-7-14(8-6-12)25(20,23)24/h1-8,15H,9-11H2,(H,21,22)(H2,20,23,24). The minimum absolute atomic E-state index is 0.0469. The van der Waals surface area contributed by atoms with E-state index < -0.39 is 14.9 Å². The van der Waals surface area contributed by atoms with Crippen LogP contribution in [0.2, 0.25) is 0 Å². The van der Waals surface area contributed by atoms with E-state index in [0.717, 1.165) is 5.56 Å². The summed E-state index contributed by atoms with van der Waals surface area (Å²) in [7, 11) is -3.70. The van der Waals surface area contributed by atoms with Gasteiger partial charge in [0.1, 0.15) is 5.82 Å². The number of alkyl halides is 1. The molecule has 25 heavy (non-hydrogen) atoms. The second kappa shape index (κ2) is 8.55. The number of amides is 1. The molecule has 2 aromatic rings. The summed E-state index contributed by atoms with van der Waals surface area (Å²) >= 11 is 3.27. The molecule has 134 valence electrons. The summed E-state index contributed by atoms with van der Waals surface area (Å²) in [5, 5.41) is 7.80. The second-order valence-electron chi connectivity index (χ2n) is 5.49. The molecule has 0 saturated carbocycles. The molecule has 1 amide bonds. The van der Waals surface area contributed by atoms with Crippen LogP contribution in [0.4, 0.5) is 4.39 Å². The van der Waals surface area contributed by atoms with Crippen LogP contribution in [0, 0.1) is 5.82 Å². The normalized spacial score (nSPS) is 12.6. The zero-order valence-corrected chi connectivity index (χ0v) is 15.7. The van der Waals surface area contributed by atoms with Crippen molar-refractivity contribution in [3.8, 4) is 0 Å². The smallest absolute Gasteiger partial charge is 0.238 e. The molecule has 8 heteroatoms. The summed E-state index contributed by atoms with van der Waals surface area (Å²) in [5.41, 5.74) is 1.34. The zero-order chi connectivity index (χ0) is 18.4. The highest BCUT2D eigenvalue weighted by Crippen LogP contribution is 2.14. The quantitative estimate of drug-likeness (QED) is 0.661. The van der Waals surface area contributed by atoms with Crippen molar-refractivity contribution in [2.75, 3.05) is 6.54 Å². The number of carbonyl (C=O) groups is 1. The first-order chi connectivity index (χ1) is 11.8. The first-order valence-corrected chi connectivity index (χ1v) is 10.0. The Morgan fingerprint density at radius 3 is 2.40 bits per heavy atom. The Morgan fingerprint density at radius 2 is 1.80 bits per heavy atom. The fourth-order valence-corrected chi connectivity index (χ4v) is 3.26. The van der Waals surface area contributed by atoms with Gasteiger partial charge in [-0.1, -0.05) is 46.3 Å². The van der Waals surface area contributed by atoms with Gasteiger partial charge in [-0.05, 0) is 42.2 Å². The summed E-state index contributed by atoms with van der Waals surface area (Å²) in [4.78, 5) is 11.6. The fraction of sp³-hybridized carbons (Fsp3) is 0.235. The maximum absolute atomic E-state index is 13.6. The Morgan fingerprint density at radius 1 is 1.16 bits per heavy atom. The van der Waals surface area contributed by atoms with Crippen molar-refractivity contribution in [3.05, 3.63) is 65.5 Å². The van der Waals surface area contributed by atoms with E-state index in [2.05, 4.69) is 21.2 Å². The molecule has 0 aliphatic rings. The number of hydrogen-bond acceptors (Lipinski definition) is 3. The van der Waals surface area contributed by atoms with Gasteiger partial charge in [0.2, 0.25) is 15.9 Å². The molecular formula is C17H18BrFN2O3S. The van der Waals surface area contributed by atoms with Gasteiger partial charge in [0.05, 0.1) is 9.72 Å². The molecule has 0 bridgehead atoms. The van der Waals surface area contributed by atoms with Crippen LogP contribution in [0.1, 0.15) is 11.1 Å². The third-order valence-electron chi connectivity index (χ3n) is 3.61. The van der Waals surface area contributed by atoms with E-state index in [1.807, 2.05) is 0 Å². The molecule has 2 rings (SSSR count). The van der Waals surface area contributed by atoms with E-state index in [4.69, 9.17) is 5.14 Å². The van der Waals surface area contributed by atoms with Gasteiger partial charge in [0, 0.05) is 6.54 Å². The van der Waals surface area contributed by atoms with Crippen molar-refractivity contribution in [1.82, 2.24) is 5.32 Å². The lowest BCUT2D eigenvalue weighted by atomic mass is 10.1. The summed E-state index contributed by atoms with van der Waals surface area (Å²) in [6.45, 7) is 0.382. The lowest BCUT2D eigenvalue weighted by Crippen LogP contribution is -2.33. The molecule has 0 aliphatic carbocycles. The summed E-state index contributed by atoms with van der Waals surface area (Å²) < 4.78 is 36.0. The van der Waals surface area contributed by atoms with Gasteiger partial charge < -0.3 is 5.32 Å². The number of nitrogens with two attached hydrogens (primary N) is 1. The van der Waals surface area contributed by atoms with Crippen molar-refractivity contribution >= 4 is 31.9 Å². The highest BCUT2D eigenvalue weighted by atomic mass is 79.9.